The van der Waals surface area contributed by atoms with Gasteiger partial charge in [0.05, 0.1) is 19.4 Å². The Balaban J connectivity index is 1.67. The van der Waals surface area contributed by atoms with E-state index in [1.807, 2.05) is 37.3 Å². The van der Waals surface area contributed by atoms with E-state index in [1.54, 1.807) is 12.1 Å². The van der Waals surface area contributed by atoms with E-state index in [2.05, 4.69) is 22.8 Å². The zero-order chi connectivity index (χ0) is 27.4. The summed E-state index contributed by atoms with van der Waals surface area (Å²) >= 11 is 5.93. The van der Waals surface area contributed by atoms with Crippen LogP contribution in [0, 0.1) is 0 Å². The van der Waals surface area contributed by atoms with Crippen LogP contribution in [0.1, 0.15) is 89.2 Å². The molecule has 0 aliphatic heterocycles. The topological polar surface area (TPSA) is 89.0 Å². The van der Waals surface area contributed by atoms with Crippen LogP contribution in [0.2, 0.25) is 5.02 Å². The van der Waals surface area contributed by atoms with Crippen molar-refractivity contribution in [3.05, 3.63) is 58.6 Å². The first-order valence-corrected chi connectivity index (χ1v) is 14.1. The van der Waals surface area contributed by atoms with Gasteiger partial charge in [0, 0.05) is 11.4 Å². The van der Waals surface area contributed by atoms with Gasteiger partial charge >= 0.3 is 0 Å². The van der Waals surface area contributed by atoms with Crippen molar-refractivity contribution in [3.8, 4) is 11.5 Å². The van der Waals surface area contributed by atoms with E-state index in [1.165, 1.54) is 44.7 Å². The van der Waals surface area contributed by atoms with Gasteiger partial charge in [-0.3, -0.25) is 9.59 Å². The fourth-order valence-electron chi connectivity index (χ4n) is 3.82. The monoisotopic (exact) mass is 543 g/mol. The van der Waals surface area contributed by atoms with Crippen molar-refractivity contribution in [1.29, 1.82) is 0 Å². The number of nitrogens with one attached hydrogen (secondary N) is 2. The van der Waals surface area contributed by atoms with Gasteiger partial charge in [-0.1, -0.05) is 82.0 Å². The highest BCUT2D eigenvalue weighted by Crippen LogP contribution is 2.29. The molecule has 0 spiro atoms. The van der Waals surface area contributed by atoms with Crippen LogP contribution in [0.5, 0.6) is 11.5 Å². The third-order valence-corrected chi connectivity index (χ3v) is 6.18. The smallest absolute Gasteiger partial charge is 0.259 e. The van der Waals surface area contributed by atoms with Crippen LogP contribution >= 0.6 is 11.6 Å². The molecule has 0 saturated heterocycles. The van der Waals surface area contributed by atoms with E-state index in [0.29, 0.717) is 36.2 Å². The van der Waals surface area contributed by atoms with Crippen molar-refractivity contribution in [2.75, 3.05) is 13.2 Å². The van der Waals surface area contributed by atoms with Crippen LogP contribution in [0.3, 0.4) is 0 Å². The molecule has 0 radical (unpaired) electrons. The van der Waals surface area contributed by atoms with Crippen molar-refractivity contribution in [2.45, 2.75) is 84.7 Å². The molecule has 2 aromatic rings. The maximum atomic E-state index is 12.0. The standard InChI is InChI=1S/C30H42ClN3O4/c1-3-5-6-7-8-9-10-11-12-13-29(35)32-22-30(36)34-33-21-25-16-19-27(28(20-25)37-4-2)38-23-24-14-17-26(31)18-15-24/h14-21H,3-13,22-23H2,1-2H3,(H,32,35)(H,34,36)/b33-21+. The Hall–Kier alpha value is -3.06. The second-order valence-corrected chi connectivity index (χ2v) is 9.64. The largest absolute Gasteiger partial charge is 0.490 e. The second-order valence-electron chi connectivity index (χ2n) is 9.20. The fourth-order valence-corrected chi connectivity index (χ4v) is 3.94. The summed E-state index contributed by atoms with van der Waals surface area (Å²) in [7, 11) is 0. The maximum absolute atomic E-state index is 12.0. The molecule has 0 heterocycles. The Bertz CT molecular complexity index is 995. The number of rotatable bonds is 19. The van der Waals surface area contributed by atoms with Crippen LogP contribution in [-0.2, 0) is 16.2 Å². The van der Waals surface area contributed by atoms with Crippen molar-refractivity contribution >= 4 is 29.6 Å². The molecule has 208 valence electrons. The van der Waals surface area contributed by atoms with E-state index in [4.69, 9.17) is 21.1 Å². The molecule has 0 aliphatic rings. The van der Waals surface area contributed by atoms with Gasteiger partial charge in [-0.2, -0.15) is 5.10 Å². The van der Waals surface area contributed by atoms with Gasteiger partial charge in [-0.25, -0.2) is 5.43 Å². The Labute approximate surface area is 232 Å². The van der Waals surface area contributed by atoms with Crippen molar-refractivity contribution in [2.24, 2.45) is 5.10 Å². The molecule has 2 N–H and O–H groups in total. The molecule has 0 atom stereocenters. The zero-order valence-corrected chi connectivity index (χ0v) is 23.5. The fraction of sp³-hybridized carbons (Fsp3) is 0.500. The SMILES string of the molecule is CCCCCCCCCCCC(=O)NCC(=O)N/N=C/c1ccc(OCc2ccc(Cl)cc2)c(OCC)c1. The summed E-state index contributed by atoms with van der Waals surface area (Å²) in [4.78, 5) is 24.0. The van der Waals surface area contributed by atoms with E-state index in [-0.39, 0.29) is 18.4 Å². The Morgan fingerprint density at radius 2 is 1.53 bits per heavy atom. The molecule has 8 heteroatoms. The first kappa shape index (κ1) is 31.2. The number of carbonyl (C=O) groups is 2. The van der Waals surface area contributed by atoms with Crippen LogP contribution in [-0.4, -0.2) is 31.2 Å². The predicted molar refractivity (Wildman–Crippen MR) is 154 cm³/mol. The molecule has 0 fully saturated rings. The quantitative estimate of drug-likeness (QED) is 0.116. The van der Waals surface area contributed by atoms with Gasteiger partial charge in [-0.05, 0) is 54.8 Å². The summed E-state index contributed by atoms with van der Waals surface area (Å²) in [6, 6.07) is 12.9. The molecule has 0 aromatic heterocycles. The summed E-state index contributed by atoms with van der Waals surface area (Å²) < 4.78 is 11.6. The lowest BCUT2D eigenvalue weighted by Crippen LogP contribution is -2.34. The number of ether oxygens (including phenoxy) is 2. The lowest BCUT2D eigenvalue weighted by Gasteiger charge is -2.12. The number of halogens is 1. The highest BCUT2D eigenvalue weighted by Gasteiger charge is 2.08. The molecule has 7 nitrogen and oxygen atoms in total. The summed E-state index contributed by atoms with van der Waals surface area (Å²) in [5, 5.41) is 7.32. The average molecular weight is 544 g/mol. The highest BCUT2D eigenvalue weighted by atomic mass is 35.5. The number of amides is 2. The third kappa shape index (κ3) is 13.5. The number of carbonyl (C=O) groups excluding carboxylic acids is 2. The number of benzene rings is 2. The van der Waals surface area contributed by atoms with Crippen LogP contribution < -0.4 is 20.2 Å². The van der Waals surface area contributed by atoms with Crippen LogP contribution in [0.25, 0.3) is 0 Å². The minimum atomic E-state index is -0.380. The first-order chi connectivity index (χ1) is 18.5. The predicted octanol–water partition coefficient (Wildman–Crippen LogP) is 6.80. The minimum Gasteiger partial charge on any atom is -0.490 e. The minimum absolute atomic E-state index is 0.102. The Kier molecular flexibility index (Phi) is 15.6. The van der Waals surface area contributed by atoms with Gasteiger partial charge in [0.2, 0.25) is 5.91 Å². The lowest BCUT2D eigenvalue weighted by atomic mass is 10.1. The molecular formula is C30H42ClN3O4. The van der Waals surface area contributed by atoms with Gasteiger partial charge in [-0.15, -0.1) is 0 Å². The van der Waals surface area contributed by atoms with Gasteiger partial charge in [0.15, 0.2) is 11.5 Å². The van der Waals surface area contributed by atoms with Crippen molar-refractivity contribution in [1.82, 2.24) is 10.7 Å². The van der Waals surface area contributed by atoms with Crippen molar-refractivity contribution < 1.29 is 19.1 Å². The number of hydrogen-bond acceptors (Lipinski definition) is 5. The second kappa shape index (κ2) is 19.1. The van der Waals surface area contributed by atoms with Gasteiger partial charge < -0.3 is 14.8 Å². The maximum Gasteiger partial charge on any atom is 0.259 e. The Morgan fingerprint density at radius 1 is 0.842 bits per heavy atom. The van der Waals surface area contributed by atoms with Gasteiger partial charge in [0.1, 0.15) is 6.61 Å². The van der Waals surface area contributed by atoms with E-state index in [0.717, 1.165) is 30.4 Å². The normalized spacial score (nSPS) is 10.9. The summed E-state index contributed by atoms with van der Waals surface area (Å²) in [6.45, 7) is 4.88. The molecule has 0 saturated carbocycles. The van der Waals surface area contributed by atoms with Crippen molar-refractivity contribution in [3.63, 3.8) is 0 Å². The summed E-state index contributed by atoms with van der Waals surface area (Å²) in [5.74, 6) is 0.704. The summed E-state index contributed by atoms with van der Waals surface area (Å²) in [5.41, 5.74) is 4.17. The molecule has 0 unspecified atom stereocenters. The molecule has 2 rings (SSSR count). The average Bonchev–Trinajstić information content (AvgIpc) is 2.91. The van der Waals surface area contributed by atoms with E-state index < -0.39 is 0 Å². The number of hydrazone groups is 1. The van der Waals surface area contributed by atoms with E-state index in [9.17, 15) is 9.59 Å². The number of nitrogens with zero attached hydrogens (tertiary/aromatic N) is 1. The third-order valence-electron chi connectivity index (χ3n) is 5.93. The van der Waals surface area contributed by atoms with Crippen LogP contribution in [0.4, 0.5) is 0 Å². The lowest BCUT2D eigenvalue weighted by molar-refractivity contribution is -0.126. The summed E-state index contributed by atoms with van der Waals surface area (Å²) in [6.07, 6.45) is 12.8. The van der Waals surface area contributed by atoms with Gasteiger partial charge in [0.25, 0.3) is 5.91 Å². The number of unbranched alkanes of at least 4 members (excludes halogenated alkanes) is 8. The molecule has 2 amide bonds. The molecule has 2 aromatic carbocycles. The molecular weight excluding hydrogens is 502 g/mol. The highest BCUT2D eigenvalue weighted by molar-refractivity contribution is 6.30. The molecule has 38 heavy (non-hydrogen) atoms. The Morgan fingerprint density at radius 3 is 2.21 bits per heavy atom. The number of hydrogen-bond donors (Lipinski definition) is 2. The van der Waals surface area contributed by atoms with Crippen LogP contribution in [0.15, 0.2) is 47.6 Å². The molecule has 0 aliphatic carbocycles. The zero-order valence-electron chi connectivity index (χ0n) is 22.8. The van der Waals surface area contributed by atoms with E-state index >= 15 is 0 Å². The first-order valence-electron chi connectivity index (χ1n) is 13.7. The molecule has 0 bridgehead atoms.